The Bertz CT molecular complexity index is 450. The van der Waals surface area contributed by atoms with Crippen molar-refractivity contribution in [3.8, 4) is 0 Å². The smallest absolute Gasteiger partial charge is 0.105 e. The highest BCUT2D eigenvalue weighted by Crippen LogP contribution is 2.13. The molecule has 0 saturated carbocycles. The standard InChI is InChI=1S/C14H20N2OS/c1-3-6-15-12(9-14-5-4-7-17-14)8-13-10-18-11(2)16-13/h4-5,7,10,12,15H,3,6,8-9H2,1-2H3. The minimum absolute atomic E-state index is 0.401. The van der Waals surface area contributed by atoms with Gasteiger partial charge < -0.3 is 9.73 Å². The first-order chi connectivity index (χ1) is 8.78. The molecule has 4 heteroatoms. The summed E-state index contributed by atoms with van der Waals surface area (Å²) in [5, 5.41) is 6.86. The molecule has 0 bridgehead atoms. The van der Waals surface area contributed by atoms with Gasteiger partial charge in [-0.25, -0.2) is 4.98 Å². The molecule has 0 radical (unpaired) electrons. The van der Waals surface area contributed by atoms with Gasteiger partial charge in [0.2, 0.25) is 0 Å². The van der Waals surface area contributed by atoms with Gasteiger partial charge in [0.1, 0.15) is 5.76 Å². The van der Waals surface area contributed by atoms with E-state index >= 15 is 0 Å². The van der Waals surface area contributed by atoms with Crippen molar-refractivity contribution >= 4 is 11.3 Å². The van der Waals surface area contributed by atoms with Gasteiger partial charge in [0.25, 0.3) is 0 Å². The maximum Gasteiger partial charge on any atom is 0.105 e. The van der Waals surface area contributed by atoms with Gasteiger partial charge in [-0.3, -0.25) is 0 Å². The Morgan fingerprint density at radius 1 is 1.44 bits per heavy atom. The van der Waals surface area contributed by atoms with Crippen LogP contribution < -0.4 is 5.32 Å². The maximum atomic E-state index is 5.43. The normalized spacial score (nSPS) is 12.8. The molecule has 3 nitrogen and oxygen atoms in total. The number of furan rings is 1. The molecule has 0 saturated heterocycles. The van der Waals surface area contributed by atoms with Crippen LogP contribution in [-0.2, 0) is 12.8 Å². The SMILES string of the molecule is CCCNC(Cc1csc(C)n1)Cc1ccco1. The zero-order valence-corrected chi connectivity index (χ0v) is 11.8. The van der Waals surface area contributed by atoms with E-state index in [-0.39, 0.29) is 0 Å². The average Bonchev–Trinajstić information content (AvgIpc) is 2.98. The predicted octanol–water partition coefficient (Wildman–Crippen LogP) is 3.20. The lowest BCUT2D eigenvalue weighted by Gasteiger charge is -2.16. The Kier molecular flexibility index (Phi) is 4.96. The minimum atomic E-state index is 0.401. The molecule has 0 aromatic carbocycles. The van der Waals surface area contributed by atoms with Gasteiger partial charge in [-0.15, -0.1) is 11.3 Å². The second kappa shape index (κ2) is 6.71. The van der Waals surface area contributed by atoms with Gasteiger partial charge in [-0.1, -0.05) is 6.92 Å². The Morgan fingerprint density at radius 3 is 2.94 bits per heavy atom. The fraction of sp³-hybridized carbons (Fsp3) is 0.500. The zero-order valence-electron chi connectivity index (χ0n) is 11.0. The van der Waals surface area contributed by atoms with Gasteiger partial charge in [0, 0.05) is 24.3 Å². The fourth-order valence-electron chi connectivity index (χ4n) is 1.99. The van der Waals surface area contributed by atoms with Crippen LogP contribution in [0.5, 0.6) is 0 Å². The molecule has 1 atom stereocenters. The third kappa shape index (κ3) is 3.96. The van der Waals surface area contributed by atoms with Gasteiger partial charge in [0.15, 0.2) is 0 Å². The van der Waals surface area contributed by atoms with E-state index in [1.165, 1.54) is 5.69 Å². The lowest BCUT2D eigenvalue weighted by molar-refractivity contribution is 0.437. The van der Waals surface area contributed by atoms with Crippen molar-refractivity contribution in [2.45, 2.75) is 39.2 Å². The van der Waals surface area contributed by atoms with Crippen LogP contribution in [-0.4, -0.2) is 17.6 Å². The summed E-state index contributed by atoms with van der Waals surface area (Å²) in [4.78, 5) is 4.54. The van der Waals surface area contributed by atoms with Crippen molar-refractivity contribution in [3.63, 3.8) is 0 Å². The number of nitrogens with one attached hydrogen (secondary N) is 1. The lowest BCUT2D eigenvalue weighted by atomic mass is 10.1. The van der Waals surface area contributed by atoms with Crippen molar-refractivity contribution in [3.05, 3.63) is 40.2 Å². The summed E-state index contributed by atoms with van der Waals surface area (Å²) in [6, 6.07) is 4.38. The van der Waals surface area contributed by atoms with Crippen LogP contribution in [0.2, 0.25) is 0 Å². The molecule has 0 aliphatic rings. The van der Waals surface area contributed by atoms with Crippen LogP contribution in [0.1, 0.15) is 29.8 Å². The second-order valence-electron chi connectivity index (χ2n) is 4.50. The van der Waals surface area contributed by atoms with E-state index in [9.17, 15) is 0 Å². The molecule has 98 valence electrons. The monoisotopic (exact) mass is 264 g/mol. The molecule has 0 fully saturated rings. The fourth-order valence-corrected chi connectivity index (χ4v) is 2.62. The summed E-state index contributed by atoms with van der Waals surface area (Å²) in [6.07, 6.45) is 4.76. The van der Waals surface area contributed by atoms with E-state index in [1.54, 1.807) is 17.6 Å². The molecule has 2 rings (SSSR count). The molecule has 1 N–H and O–H groups in total. The predicted molar refractivity (Wildman–Crippen MR) is 75.0 cm³/mol. The molecular weight excluding hydrogens is 244 g/mol. The van der Waals surface area contributed by atoms with Gasteiger partial charge in [-0.05, 0) is 32.0 Å². The van der Waals surface area contributed by atoms with E-state index in [1.807, 2.05) is 12.1 Å². The molecule has 2 aromatic heterocycles. The number of thiazole rings is 1. The molecule has 2 heterocycles. The first kappa shape index (κ1) is 13.3. The number of aromatic nitrogens is 1. The highest BCUT2D eigenvalue weighted by atomic mass is 32.1. The van der Waals surface area contributed by atoms with Crippen LogP contribution in [0.4, 0.5) is 0 Å². The van der Waals surface area contributed by atoms with Gasteiger partial charge >= 0.3 is 0 Å². The number of aryl methyl sites for hydroxylation is 1. The van der Waals surface area contributed by atoms with Crippen molar-refractivity contribution in [1.82, 2.24) is 10.3 Å². The first-order valence-electron chi connectivity index (χ1n) is 6.44. The van der Waals surface area contributed by atoms with E-state index in [0.717, 1.165) is 36.6 Å². The lowest BCUT2D eigenvalue weighted by Crippen LogP contribution is -2.33. The van der Waals surface area contributed by atoms with E-state index in [0.29, 0.717) is 6.04 Å². The van der Waals surface area contributed by atoms with Crippen molar-refractivity contribution in [2.24, 2.45) is 0 Å². The first-order valence-corrected chi connectivity index (χ1v) is 7.32. The molecule has 0 aliphatic carbocycles. The Labute approximate surface area is 112 Å². The van der Waals surface area contributed by atoms with Crippen LogP contribution in [0.15, 0.2) is 28.2 Å². The zero-order chi connectivity index (χ0) is 12.8. The molecule has 2 aromatic rings. The molecule has 18 heavy (non-hydrogen) atoms. The number of nitrogens with zero attached hydrogens (tertiary/aromatic N) is 1. The third-order valence-corrected chi connectivity index (χ3v) is 3.66. The molecule has 0 amide bonds. The minimum Gasteiger partial charge on any atom is -0.469 e. The highest BCUT2D eigenvalue weighted by molar-refractivity contribution is 7.09. The van der Waals surface area contributed by atoms with E-state index in [4.69, 9.17) is 4.42 Å². The quantitative estimate of drug-likeness (QED) is 0.834. The average molecular weight is 264 g/mol. The summed E-state index contributed by atoms with van der Waals surface area (Å²) in [5.41, 5.74) is 1.18. The van der Waals surface area contributed by atoms with Crippen molar-refractivity contribution < 1.29 is 4.42 Å². The summed E-state index contributed by atoms with van der Waals surface area (Å²) >= 11 is 1.72. The Balaban J connectivity index is 1.95. The maximum absolute atomic E-state index is 5.43. The van der Waals surface area contributed by atoms with Crippen molar-refractivity contribution in [2.75, 3.05) is 6.54 Å². The van der Waals surface area contributed by atoms with E-state index < -0.39 is 0 Å². The van der Waals surface area contributed by atoms with E-state index in [2.05, 4.69) is 29.5 Å². The second-order valence-corrected chi connectivity index (χ2v) is 5.56. The van der Waals surface area contributed by atoms with Crippen molar-refractivity contribution in [1.29, 1.82) is 0 Å². The Hall–Kier alpha value is -1.13. The summed E-state index contributed by atoms with van der Waals surface area (Å²) in [7, 11) is 0. The number of hydrogen-bond acceptors (Lipinski definition) is 4. The summed E-state index contributed by atoms with van der Waals surface area (Å²) in [5.74, 6) is 1.04. The molecular formula is C14H20N2OS. The largest absolute Gasteiger partial charge is 0.469 e. The number of hydrogen-bond donors (Lipinski definition) is 1. The summed E-state index contributed by atoms with van der Waals surface area (Å²) in [6.45, 7) is 5.27. The van der Waals surface area contributed by atoms with Crippen LogP contribution >= 0.6 is 11.3 Å². The van der Waals surface area contributed by atoms with Gasteiger partial charge in [0.05, 0.1) is 17.0 Å². The van der Waals surface area contributed by atoms with Crippen LogP contribution in [0.25, 0.3) is 0 Å². The third-order valence-electron chi connectivity index (χ3n) is 2.83. The molecule has 0 aliphatic heterocycles. The van der Waals surface area contributed by atoms with Crippen LogP contribution in [0.3, 0.4) is 0 Å². The Morgan fingerprint density at radius 2 is 2.33 bits per heavy atom. The topological polar surface area (TPSA) is 38.1 Å². The van der Waals surface area contributed by atoms with Crippen LogP contribution in [0, 0.1) is 6.92 Å². The highest BCUT2D eigenvalue weighted by Gasteiger charge is 2.13. The molecule has 0 spiro atoms. The molecule has 1 unspecified atom stereocenters. The number of rotatable bonds is 7. The van der Waals surface area contributed by atoms with Gasteiger partial charge in [-0.2, -0.15) is 0 Å². The summed E-state index contributed by atoms with van der Waals surface area (Å²) < 4.78 is 5.43.